The monoisotopic (exact) mass is 313 g/mol. The molecule has 1 saturated carbocycles. The summed E-state index contributed by atoms with van der Waals surface area (Å²) in [5, 5.41) is 2.82. The molecule has 0 aromatic rings. The normalized spacial score (nSPS) is 34.6. The standard InChI is InChI=1S/C17H31NO4/c1-11(2)14-7-6-12(3)8-15(14)21-16(19)18-9-13-10-20-17(4,5)22-13/h11-15H,6-10H2,1-5H3,(H,18,19)/t12-,13?,14+,15+/m1/s1. The SMILES string of the molecule is CC(C)[C@@H]1CC[C@@H](C)C[C@@H]1OC(=O)NCC1COC(C)(C)O1. The first kappa shape index (κ1) is 17.5. The summed E-state index contributed by atoms with van der Waals surface area (Å²) in [5.74, 6) is 1.07. The van der Waals surface area contributed by atoms with Crippen molar-refractivity contribution in [2.24, 2.45) is 17.8 Å². The Morgan fingerprint density at radius 3 is 2.68 bits per heavy atom. The molecule has 4 atom stereocenters. The van der Waals surface area contributed by atoms with Gasteiger partial charge in [-0.15, -0.1) is 0 Å². The maximum atomic E-state index is 12.1. The van der Waals surface area contributed by atoms with Crippen molar-refractivity contribution in [3.05, 3.63) is 0 Å². The van der Waals surface area contributed by atoms with E-state index in [0.717, 1.165) is 12.8 Å². The molecule has 2 fully saturated rings. The highest BCUT2D eigenvalue weighted by Crippen LogP contribution is 2.35. The highest BCUT2D eigenvalue weighted by molar-refractivity contribution is 5.67. The van der Waals surface area contributed by atoms with Crippen LogP contribution in [0.2, 0.25) is 0 Å². The molecule has 5 heteroatoms. The smallest absolute Gasteiger partial charge is 0.407 e. The van der Waals surface area contributed by atoms with E-state index in [2.05, 4.69) is 26.1 Å². The number of alkyl carbamates (subject to hydrolysis) is 1. The van der Waals surface area contributed by atoms with Crippen molar-refractivity contribution in [3.8, 4) is 0 Å². The van der Waals surface area contributed by atoms with E-state index in [1.54, 1.807) is 0 Å². The topological polar surface area (TPSA) is 56.8 Å². The number of hydrogen-bond donors (Lipinski definition) is 1. The molecule has 5 nitrogen and oxygen atoms in total. The lowest BCUT2D eigenvalue weighted by Crippen LogP contribution is -2.41. The zero-order valence-electron chi connectivity index (χ0n) is 14.6. The molecule has 0 radical (unpaired) electrons. The average molecular weight is 313 g/mol. The molecule has 0 aromatic heterocycles. The lowest BCUT2D eigenvalue weighted by molar-refractivity contribution is -0.137. The number of hydrogen-bond acceptors (Lipinski definition) is 4. The van der Waals surface area contributed by atoms with Crippen molar-refractivity contribution in [2.45, 2.75) is 71.9 Å². The second kappa shape index (κ2) is 7.18. The fourth-order valence-electron chi connectivity index (χ4n) is 3.49. The van der Waals surface area contributed by atoms with Crippen LogP contribution in [0.3, 0.4) is 0 Å². The van der Waals surface area contributed by atoms with Gasteiger partial charge in [0.05, 0.1) is 6.61 Å². The lowest BCUT2D eigenvalue weighted by atomic mass is 9.75. The zero-order chi connectivity index (χ0) is 16.3. The van der Waals surface area contributed by atoms with Crippen LogP contribution in [-0.2, 0) is 14.2 Å². The summed E-state index contributed by atoms with van der Waals surface area (Å²) in [6, 6.07) is 0. The van der Waals surface area contributed by atoms with Gasteiger partial charge in [0.2, 0.25) is 0 Å². The largest absolute Gasteiger partial charge is 0.446 e. The van der Waals surface area contributed by atoms with Gasteiger partial charge in [-0.3, -0.25) is 0 Å². The van der Waals surface area contributed by atoms with E-state index >= 15 is 0 Å². The van der Waals surface area contributed by atoms with Crippen LogP contribution in [0.4, 0.5) is 4.79 Å². The summed E-state index contributed by atoms with van der Waals surface area (Å²) in [4.78, 5) is 12.1. The van der Waals surface area contributed by atoms with Crippen LogP contribution >= 0.6 is 0 Å². The molecule has 2 rings (SSSR count). The van der Waals surface area contributed by atoms with E-state index in [4.69, 9.17) is 14.2 Å². The Balaban J connectivity index is 1.77. The summed E-state index contributed by atoms with van der Waals surface area (Å²) < 4.78 is 16.9. The number of carbonyl (C=O) groups is 1. The molecular weight excluding hydrogens is 282 g/mol. The summed E-state index contributed by atoms with van der Waals surface area (Å²) >= 11 is 0. The Labute approximate surface area is 134 Å². The second-order valence-electron chi connectivity index (χ2n) is 7.60. The molecule has 1 aliphatic heterocycles. The Morgan fingerprint density at radius 1 is 1.36 bits per heavy atom. The summed E-state index contributed by atoms with van der Waals surface area (Å²) in [5.41, 5.74) is 0. The second-order valence-corrected chi connectivity index (χ2v) is 7.60. The van der Waals surface area contributed by atoms with Gasteiger partial charge in [0, 0.05) is 6.54 Å². The zero-order valence-corrected chi connectivity index (χ0v) is 14.6. The summed E-state index contributed by atoms with van der Waals surface area (Å²) in [6.45, 7) is 11.3. The van der Waals surface area contributed by atoms with Crippen molar-refractivity contribution < 1.29 is 19.0 Å². The molecule has 1 unspecified atom stereocenters. The minimum absolute atomic E-state index is 0.0286. The first-order valence-electron chi connectivity index (χ1n) is 8.53. The minimum Gasteiger partial charge on any atom is -0.446 e. The van der Waals surface area contributed by atoms with Gasteiger partial charge < -0.3 is 19.5 Å². The van der Waals surface area contributed by atoms with Crippen molar-refractivity contribution in [1.29, 1.82) is 0 Å². The van der Waals surface area contributed by atoms with Gasteiger partial charge >= 0.3 is 6.09 Å². The number of rotatable bonds is 4. The fourth-order valence-corrected chi connectivity index (χ4v) is 3.49. The lowest BCUT2D eigenvalue weighted by Gasteiger charge is -2.36. The van der Waals surface area contributed by atoms with Crippen molar-refractivity contribution >= 4 is 6.09 Å². The third-order valence-corrected chi connectivity index (χ3v) is 4.76. The van der Waals surface area contributed by atoms with E-state index in [0.29, 0.717) is 30.9 Å². The molecule has 0 spiro atoms. The Bertz CT molecular complexity index is 383. The molecule has 1 aliphatic carbocycles. The van der Waals surface area contributed by atoms with Gasteiger partial charge in [0.25, 0.3) is 0 Å². The predicted molar refractivity (Wildman–Crippen MR) is 84.5 cm³/mol. The molecule has 1 amide bonds. The van der Waals surface area contributed by atoms with Gasteiger partial charge in [0.1, 0.15) is 12.2 Å². The van der Waals surface area contributed by atoms with Crippen LogP contribution < -0.4 is 5.32 Å². The first-order valence-corrected chi connectivity index (χ1v) is 8.53. The van der Waals surface area contributed by atoms with Gasteiger partial charge in [0.15, 0.2) is 5.79 Å². The Kier molecular flexibility index (Phi) is 5.72. The number of carbonyl (C=O) groups excluding carboxylic acids is 1. The highest BCUT2D eigenvalue weighted by atomic mass is 16.7. The van der Waals surface area contributed by atoms with Crippen LogP contribution in [0.15, 0.2) is 0 Å². The fraction of sp³-hybridized carbons (Fsp3) is 0.941. The van der Waals surface area contributed by atoms with Crippen molar-refractivity contribution in [3.63, 3.8) is 0 Å². The third-order valence-electron chi connectivity index (χ3n) is 4.76. The quantitative estimate of drug-likeness (QED) is 0.865. The molecule has 22 heavy (non-hydrogen) atoms. The van der Waals surface area contributed by atoms with Gasteiger partial charge in [-0.05, 0) is 44.4 Å². The molecular formula is C17H31NO4. The Morgan fingerprint density at radius 2 is 2.09 bits per heavy atom. The minimum atomic E-state index is -0.558. The van der Waals surface area contributed by atoms with Gasteiger partial charge in [-0.2, -0.15) is 0 Å². The average Bonchev–Trinajstić information content (AvgIpc) is 2.76. The number of amides is 1. The summed E-state index contributed by atoms with van der Waals surface area (Å²) in [7, 11) is 0. The molecule has 1 heterocycles. The van der Waals surface area contributed by atoms with E-state index in [-0.39, 0.29) is 18.3 Å². The third kappa shape index (κ3) is 4.85. The van der Waals surface area contributed by atoms with Gasteiger partial charge in [-0.1, -0.05) is 27.2 Å². The number of ether oxygens (including phenoxy) is 3. The van der Waals surface area contributed by atoms with Crippen LogP contribution in [0.5, 0.6) is 0 Å². The van der Waals surface area contributed by atoms with E-state index in [9.17, 15) is 4.79 Å². The highest BCUT2D eigenvalue weighted by Gasteiger charge is 2.35. The van der Waals surface area contributed by atoms with Crippen LogP contribution in [-0.4, -0.2) is 37.2 Å². The molecule has 2 aliphatic rings. The first-order chi connectivity index (χ1) is 10.3. The van der Waals surface area contributed by atoms with Crippen LogP contribution in [0, 0.1) is 17.8 Å². The predicted octanol–water partition coefficient (Wildman–Crippen LogP) is 3.32. The van der Waals surface area contributed by atoms with E-state index < -0.39 is 5.79 Å². The molecule has 128 valence electrons. The molecule has 1 N–H and O–H groups in total. The van der Waals surface area contributed by atoms with Crippen LogP contribution in [0.1, 0.15) is 53.9 Å². The maximum Gasteiger partial charge on any atom is 0.407 e. The van der Waals surface area contributed by atoms with E-state index in [1.807, 2.05) is 13.8 Å². The van der Waals surface area contributed by atoms with Gasteiger partial charge in [-0.25, -0.2) is 4.79 Å². The Hall–Kier alpha value is -0.810. The number of nitrogens with one attached hydrogen (secondary N) is 1. The van der Waals surface area contributed by atoms with Crippen molar-refractivity contribution in [2.75, 3.05) is 13.2 Å². The van der Waals surface area contributed by atoms with Crippen molar-refractivity contribution in [1.82, 2.24) is 5.32 Å². The maximum absolute atomic E-state index is 12.1. The molecule has 1 saturated heterocycles. The van der Waals surface area contributed by atoms with Crippen LogP contribution in [0.25, 0.3) is 0 Å². The van der Waals surface area contributed by atoms with E-state index in [1.165, 1.54) is 6.42 Å². The molecule has 0 aromatic carbocycles. The molecule has 0 bridgehead atoms. The summed E-state index contributed by atoms with van der Waals surface area (Å²) in [6.07, 6.45) is 2.93.